The SMILES string of the molecule is CNC1C[C@H](O[C@H]2CC(C(=O)CO)Cc3c(O)c4c(c(O)c32)C(=O)c2c(OC)cccc2C4=O)OC(C)C1O. The molecule has 1 aliphatic heterocycles. The monoisotopic (exact) mass is 541 g/mol. The summed E-state index contributed by atoms with van der Waals surface area (Å²) in [6, 6.07) is 4.15. The number of ketones is 3. The van der Waals surface area contributed by atoms with Crippen LogP contribution in [0.1, 0.15) is 68.8 Å². The average Bonchev–Trinajstić information content (AvgIpc) is 2.94. The Labute approximate surface area is 224 Å². The molecule has 39 heavy (non-hydrogen) atoms. The number of ether oxygens (including phenoxy) is 3. The van der Waals surface area contributed by atoms with E-state index in [4.69, 9.17) is 14.2 Å². The fraction of sp³-hybridized carbons (Fsp3) is 0.464. The molecular weight excluding hydrogens is 510 g/mol. The van der Waals surface area contributed by atoms with Gasteiger partial charge in [-0.1, -0.05) is 12.1 Å². The molecule has 0 aromatic heterocycles. The molecule has 5 rings (SSSR count). The van der Waals surface area contributed by atoms with Gasteiger partial charge in [-0.2, -0.15) is 0 Å². The first-order valence-electron chi connectivity index (χ1n) is 12.8. The van der Waals surface area contributed by atoms with Crippen LogP contribution in [0.3, 0.4) is 0 Å². The highest BCUT2D eigenvalue weighted by Gasteiger charge is 2.45. The number of aliphatic hydroxyl groups is 2. The number of likely N-dealkylation sites (N-methyl/N-ethyl adjacent to an activating group) is 1. The lowest BCUT2D eigenvalue weighted by atomic mass is 9.73. The van der Waals surface area contributed by atoms with E-state index >= 15 is 0 Å². The number of methoxy groups -OCH3 is 1. The van der Waals surface area contributed by atoms with Gasteiger partial charge in [0.25, 0.3) is 0 Å². The molecule has 5 N–H and O–H groups in total. The fourth-order valence-corrected chi connectivity index (χ4v) is 5.99. The summed E-state index contributed by atoms with van der Waals surface area (Å²) in [5.74, 6) is -3.54. The molecule has 0 spiro atoms. The lowest BCUT2D eigenvalue weighted by molar-refractivity contribution is -0.245. The maximum absolute atomic E-state index is 13.7. The van der Waals surface area contributed by atoms with E-state index in [0.717, 1.165) is 0 Å². The van der Waals surface area contributed by atoms with E-state index in [1.54, 1.807) is 20.0 Å². The standard InChI is InChI=1S/C28H31NO10/c1-11-24(32)15(29-2)9-19(38-11)39-18-8-12(16(31)10-30)7-14-21(18)28(36)23-22(26(14)34)25(33)13-5-4-6-17(37-3)20(13)27(23)35/h4-6,11-12,15,18-19,24,29-30,32,34,36H,7-10H2,1-3H3/t11?,12?,15?,18-,19-,24?/m0/s1. The zero-order valence-corrected chi connectivity index (χ0v) is 21.8. The third-order valence-corrected chi connectivity index (χ3v) is 8.04. The van der Waals surface area contributed by atoms with Crippen molar-refractivity contribution >= 4 is 17.3 Å². The van der Waals surface area contributed by atoms with Gasteiger partial charge < -0.3 is 40.0 Å². The van der Waals surface area contributed by atoms with Crippen LogP contribution in [0.5, 0.6) is 17.2 Å². The summed E-state index contributed by atoms with van der Waals surface area (Å²) in [7, 11) is 3.05. The maximum atomic E-state index is 13.7. The minimum Gasteiger partial charge on any atom is -0.507 e. The summed E-state index contributed by atoms with van der Waals surface area (Å²) in [5.41, 5.74) is -0.547. The zero-order chi connectivity index (χ0) is 28.2. The van der Waals surface area contributed by atoms with E-state index in [1.165, 1.54) is 19.2 Å². The normalized spacial score (nSPS) is 27.9. The first-order valence-corrected chi connectivity index (χ1v) is 12.8. The topological polar surface area (TPSA) is 172 Å². The summed E-state index contributed by atoms with van der Waals surface area (Å²) in [5, 5.41) is 45.9. The van der Waals surface area contributed by atoms with E-state index in [2.05, 4.69) is 5.32 Å². The predicted octanol–water partition coefficient (Wildman–Crippen LogP) is 1.15. The van der Waals surface area contributed by atoms with Crippen LogP contribution < -0.4 is 10.1 Å². The number of Topliss-reactive ketones (excluding diaryl/α,β-unsaturated/α-hetero) is 1. The van der Waals surface area contributed by atoms with E-state index in [1.807, 2.05) is 0 Å². The van der Waals surface area contributed by atoms with E-state index in [-0.39, 0.29) is 64.4 Å². The molecule has 0 saturated carbocycles. The third-order valence-electron chi connectivity index (χ3n) is 8.04. The van der Waals surface area contributed by atoms with Crippen molar-refractivity contribution < 1.29 is 49.0 Å². The van der Waals surface area contributed by atoms with Crippen LogP contribution in [0, 0.1) is 5.92 Å². The van der Waals surface area contributed by atoms with Crippen molar-refractivity contribution in [2.75, 3.05) is 20.8 Å². The quantitative estimate of drug-likeness (QED) is 0.283. The van der Waals surface area contributed by atoms with E-state index < -0.39 is 66.0 Å². The highest BCUT2D eigenvalue weighted by atomic mass is 16.7. The number of nitrogens with one attached hydrogen (secondary N) is 1. The molecule has 2 aromatic rings. The van der Waals surface area contributed by atoms with Crippen molar-refractivity contribution in [3.63, 3.8) is 0 Å². The Kier molecular flexibility index (Phi) is 7.21. The van der Waals surface area contributed by atoms with E-state index in [9.17, 15) is 34.8 Å². The highest BCUT2D eigenvalue weighted by molar-refractivity contribution is 6.31. The van der Waals surface area contributed by atoms with Gasteiger partial charge in [0.1, 0.15) is 23.9 Å². The molecule has 3 aliphatic rings. The number of phenolic OH excluding ortho intramolecular Hbond substituents is 2. The summed E-state index contributed by atoms with van der Waals surface area (Å²) >= 11 is 0. The van der Waals surface area contributed by atoms with Gasteiger partial charge in [0.05, 0.1) is 42.1 Å². The molecule has 1 saturated heterocycles. The van der Waals surface area contributed by atoms with Gasteiger partial charge in [-0.15, -0.1) is 0 Å². The number of fused-ring (bicyclic) bond motifs is 3. The number of rotatable bonds is 6. The molecule has 2 aliphatic carbocycles. The van der Waals surface area contributed by atoms with Crippen molar-refractivity contribution in [1.29, 1.82) is 0 Å². The van der Waals surface area contributed by atoms with Gasteiger partial charge in [-0.25, -0.2) is 0 Å². The first kappa shape index (κ1) is 27.2. The van der Waals surface area contributed by atoms with Crippen LogP contribution in [0.4, 0.5) is 0 Å². The molecule has 0 radical (unpaired) electrons. The number of hydrogen-bond acceptors (Lipinski definition) is 11. The van der Waals surface area contributed by atoms with Crippen LogP contribution in [-0.2, 0) is 20.7 Å². The largest absolute Gasteiger partial charge is 0.507 e. The Morgan fingerprint density at radius 2 is 1.82 bits per heavy atom. The van der Waals surface area contributed by atoms with Crippen molar-refractivity contribution in [2.24, 2.45) is 5.92 Å². The second-order valence-electron chi connectivity index (χ2n) is 10.2. The molecule has 0 amide bonds. The van der Waals surface area contributed by atoms with Gasteiger partial charge in [0, 0.05) is 35.1 Å². The van der Waals surface area contributed by atoms with E-state index in [0.29, 0.717) is 0 Å². The van der Waals surface area contributed by atoms with Gasteiger partial charge in [-0.3, -0.25) is 14.4 Å². The number of carbonyl (C=O) groups excluding carboxylic acids is 3. The van der Waals surface area contributed by atoms with Gasteiger partial charge in [0.15, 0.2) is 17.9 Å². The number of hydrogen-bond donors (Lipinski definition) is 5. The predicted molar refractivity (Wildman–Crippen MR) is 135 cm³/mol. The molecule has 11 heteroatoms. The smallest absolute Gasteiger partial charge is 0.202 e. The van der Waals surface area contributed by atoms with Crippen LogP contribution in [-0.4, -0.2) is 83.1 Å². The second kappa shape index (κ2) is 10.3. The average molecular weight is 542 g/mol. The van der Waals surface area contributed by atoms with Crippen LogP contribution in [0.2, 0.25) is 0 Å². The lowest BCUT2D eigenvalue weighted by Gasteiger charge is -2.41. The molecule has 4 unspecified atom stereocenters. The van der Waals surface area contributed by atoms with Crippen LogP contribution >= 0.6 is 0 Å². The van der Waals surface area contributed by atoms with Gasteiger partial charge in [-0.05, 0) is 32.9 Å². The van der Waals surface area contributed by atoms with Crippen molar-refractivity contribution in [3.8, 4) is 17.2 Å². The van der Waals surface area contributed by atoms with Crippen LogP contribution in [0.25, 0.3) is 0 Å². The maximum Gasteiger partial charge on any atom is 0.202 e. The molecule has 1 heterocycles. The molecule has 2 aromatic carbocycles. The molecule has 208 valence electrons. The van der Waals surface area contributed by atoms with Crippen LogP contribution in [0.15, 0.2) is 18.2 Å². The summed E-state index contributed by atoms with van der Waals surface area (Å²) in [6.07, 6.45) is -3.08. The third kappa shape index (κ3) is 4.30. The number of carbonyl (C=O) groups is 3. The Bertz CT molecular complexity index is 1350. The van der Waals surface area contributed by atoms with Gasteiger partial charge in [0.2, 0.25) is 5.78 Å². The molecule has 6 atom stereocenters. The number of aliphatic hydroxyl groups excluding tert-OH is 2. The minimum absolute atomic E-state index is 0.0225. The molecule has 1 fully saturated rings. The zero-order valence-electron chi connectivity index (χ0n) is 21.8. The Balaban J connectivity index is 1.64. The summed E-state index contributed by atoms with van der Waals surface area (Å²) in [4.78, 5) is 39.8. The highest BCUT2D eigenvalue weighted by Crippen LogP contribution is 2.51. The Morgan fingerprint density at radius 3 is 2.49 bits per heavy atom. The number of phenols is 2. The van der Waals surface area contributed by atoms with Crippen molar-refractivity contribution in [3.05, 3.63) is 51.6 Å². The molecule has 11 nitrogen and oxygen atoms in total. The minimum atomic E-state index is -1.03. The number of aromatic hydroxyl groups is 2. The Hall–Kier alpha value is -3.35. The lowest BCUT2D eigenvalue weighted by Crippen LogP contribution is -2.53. The van der Waals surface area contributed by atoms with Crippen molar-refractivity contribution in [2.45, 2.75) is 56.8 Å². The fourth-order valence-electron chi connectivity index (χ4n) is 5.99. The first-order chi connectivity index (χ1) is 18.6. The molecular formula is C28H31NO10. The van der Waals surface area contributed by atoms with Gasteiger partial charge >= 0.3 is 0 Å². The second-order valence-corrected chi connectivity index (χ2v) is 10.2. The Morgan fingerprint density at radius 1 is 1.10 bits per heavy atom. The number of benzene rings is 2. The van der Waals surface area contributed by atoms with Crippen molar-refractivity contribution in [1.82, 2.24) is 5.32 Å². The summed E-state index contributed by atoms with van der Waals surface area (Å²) < 4.78 is 17.4. The molecule has 0 bridgehead atoms. The summed E-state index contributed by atoms with van der Waals surface area (Å²) in [6.45, 7) is 0.951.